The molecule has 0 unspecified atom stereocenters. The lowest BCUT2D eigenvalue weighted by molar-refractivity contribution is 0.347. The average Bonchev–Trinajstić information content (AvgIpc) is 2.48. The van der Waals surface area contributed by atoms with E-state index in [1.54, 1.807) is 0 Å². The first-order chi connectivity index (χ1) is 6.08. The van der Waals surface area contributed by atoms with Gasteiger partial charge < -0.3 is 0 Å². The van der Waals surface area contributed by atoms with Gasteiger partial charge in [0.25, 0.3) is 0 Å². The van der Waals surface area contributed by atoms with Gasteiger partial charge in [-0.3, -0.25) is 0 Å². The molecule has 0 amide bonds. The highest BCUT2D eigenvalue weighted by atomic mass is 14.2. The monoisotopic (exact) mass is 182 g/mol. The minimum atomic E-state index is 0.551. The predicted octanol–water partition coefficient (Wildman–Crippen LogP) is 4.78. The van der Waals surface area contributed by atoms with E-state index in [0.717, 1.165) is 5.92 Å². The zero-order chi connectivity index (χ0) is 9.73. The van der Waals surface area contributed by atoms with Crippen LogP contribution in [0.5, 0.6) is 0 Å². The van der Waals surface area contributed by atoms with E-state index in [-0.39, 0.29) is 0 Å². The Morgan fingerprint density at radius 1 is 1.00 bits per heavy atom. The van der Waals surface area contributed by atoms with Crippen LogP contribution in [0.15, 0.2) is 0 Å². The number of rotatable bonds is 4. The second kappa shape index (κ2) is 5.02. The Hall–Kier alpha value is 0. The molecule has 0 N–H and O–H groups in total. The average molecular weight is 182 g/mol. The van der Waals surface area contributed by atoms with Crippen LogP contribution in [-0.4, -0.2) is 0 Å². The molecule has 1 rings (SSSR count). The molecular formula is C13H26. The second-order valence-electron chi connectivity index (χ2n) is 5.96. The van der Waals surface area contributed by atoms with Crippen LogP contribution in [0.2, 0.25) is 0 Å². The molecule has 0 aromatic rings. The summed E-state index contributed by atoms with van der Waals surface area (Å²) in [6.07, 6.45) is 11.9. The molecule has 0 aromatic heterocycles. The van der Waals surface area contributed by atoms with E-state index in [0.29, 0.717) is 5.41 Å². The van der Waals surface area contributed by atoms with Crippen molar-refractivity contribution in [2.45, 2.75) is 72.1 Å². The van der Waals surface area contributed by atoms with Gasteiger partial charge in [-0.2, -0.15) is 0 Å². The quantitative estimate of drug-likeness (QED) is 0.549. The number of hydrogen-bond acceptors (Lipinski definition) is 0. The van der Waals surface area contributed by atoms with Crippen LogP contribution in [0.3, 0.4) is 0 Å². The van der Waals surface area contributed by atoms with Gasteiger partial charge in [0.1, 0.15) is 0 Å². The van der Waals surface area contributed by atoms with Crippen molar-refractivity contribution in [1.29, 1.82) is 0 Å². The summed E-state index contributed by atoms with van der Waals surface area (Å²) in [4.78, 5) is 0. The van der Waals surface area contributed by atoms with Crippen molar-refractivity contribution >= 4 is 0 Å². The summed E-state index contributed by atoms with van der Waals surface area (Å²) >= 11 is 0. The fourth-order valence-electron chi connectivity index (χ4n) is 2.39. The van der Waals surface area contributed by atoms with Gasteiger partial charge in [-0.05, 0) is 17.8 Å². The minimum absolute atomic E-state index is 0.551. The first kappa shape index (κ1) is 11.1. The third kappa shape index (κ3) is 5.33. The lowest BCUT2D eigenvalue weighted by Gasteiger charge is -2.18. The molecule has 0 bridgehead atoms. The summed E-state index contributed by atoms with van der Waals surface area (Å²) in [5, 5.41) is 0. The maximum absolute atomic E-state index is 2.35. The molecule has 0 heteroatoms. The molecule has 0 spiro atoms. The van der Waals surface area contributed by atoms with E-state index in [9.17, 15) is 0 Å². The molecule has 13 heavy (non-hydrogen) atoms. The Balaban J connectivity index is 1.94. The molecule has 0 atom stereocenters. The van der Waals surface area contributed by atoms with Crippen LogP contribution in [0.25, 0.3) is 0 Å². The molecule has 1 fully saturated rings. The standard InChI is InChI=1S/C13H26/c1-13(2,3)11-7-6-10-12-8-4-5-9-12/h12H,4-11H2,1-3H3. The van der Waals surface area contributed by atoms with Gasteiger partial charge in [0.05, 0.1) is 0 Å². The molecule has 0 aliphatic heterocycles. The van der Waals surface area contributed by atoms with Crippen molar-refractivity contribution in [3.05, 3.63) is 0 Å². The van der Waals surface area contributed by atoms with Gasteiger partial charge in [0, 0.05) is 0 Å². The second-order valence-corrected chi connectivity index (χ2v) is 5.96. The maximum Gasteiger partial charge on any atom is -0.0383 e. The lowest BCUT2D eigenvalue weighted by Crippen LogP contribution is -2.04. The Morgan fingerprint density at radius 2 is 1.62 bits per heavy atom. The Labute approximate surface area is 84.1 Å². The first-order valence-corrected chi connectivity index (χ1v) is 6.08. The van der Waals surface area contributed by atoms with E-state index in [1.807, 2.05) is 0 Å². The fraction of sp³-hybridized carbons (Fsp3) is 1.00. The molecule has 1 aliphatic carbocycles. The van der Waals surface area contributed by atoms with Crippen molar-refractivity contribution in [1.82, 2.24) is 0 Å². The zero-order valence-electron chi connectivity index (χ0n) is 9.73. The number of hydrogen-bond donors (Lipinski definition) is 0. The SMILES string of the molecule is CC(C)(C)CCCCC1CCCC1. The molecule has 0 aromatic carbocycles. The van der Waals surface area contributed by atoms with E-state index in [4.69, 9.17) is 0 Å². The number of unbranched alkanes of at least 4 members (excludes halogenated alkanes) is 1. The molecular weight excluding hydrogens is 156 g/mol. The molecule has 0 saturated heterocycles. The van der Waals surface area contributed by atoms with Crippen LogP contribution < -0.4 is 0 Å². The highest BCUT2D eigenvalue weighted by Gasteiger charge is 2.15. The predicted molar refractivity (Wildman–Crippen MR) is 59.9 cm³/mol. The summed E-state index contributed by atoms with van der Waals surface area (Å²) < 4.78 is 0. The summed E-state index contributed by atoms with van der Waals surface area (Å²) in [7, 11) is 0. The zero-order valence-corrected chi connectivity index (χ0v) is 9.73. The van der Waals surface area contributed by atoms with Gasteiger partial charge in [-0.25, -0.2) is 0 Å². The highest BCUT2D eigenvalue weighted by molar-refractivity contribution is 4.68. The van der Waals surface area contributed by atoms with Gasteiger partial charge in [0.15, 0.2) is 0 Å². The Morgan fingerprint density at radius 3 is 2.15 bits per heavy atom. The summed E-state index contributed by atoms with van der Waals surface area (Å²) in [5.41, 5.74) is 0.551. The van der Waals surface area contributed by atoms with Gasteiger partial charge >= 0.3 is 0 Å². The van der Waals surface area contributed by atoms with Crippen LogP contribution in [-0.2, 0) is 0 Å². The van der Waals surface area contributed by atoms with E-state index in [2.05, 4.69) is 20.8 Å². The Bertz CT molecular complexity index is 123. The van der Waals surface area contributed by atoms with Gasteiger partial charge in [0.2, 0.25) is 0 Å². The van der Waals surface area contributed by atoms with Gasteiger partial charge in [-0.15, -0.1) is 0 Å². The van der Waals surface area contributed by atoms with Crippen molar-refractivity contribution in [3.63, 3.8) is 0 Å². The van der Waals surface area contributed by atoms with Crippen LogP contribution in [0.1, 0.15) is 72.1 Å². The summed E-state index contributed by atoms with van der Waals surface area (Å²) in [6, 6.07) is 0. The van der Waals surface area contributed by atoms with Crippen LogP contribution in [0, 0.1) is 11.3 Å². The van der Waals surface area contributed by atoms with E-state index < -0.39 is 0 Å². The summed E-state index contributed by atoms with van der Waals surface area (Å²) in [5.74, 6) is 1.10. The molecule has 1 saturated carbocycles. The third-order valence-corrected chi connectivity index (χ3v) is 3.26. The maximum atomic E-state index is 2.35. The Kier molecular flexibility index (Phi) is 4.28. The summed E-state index contributed by atoms with van der Waals surface area (Å²) in [6.45, 7) is 7.05. The third-order valence-electron chi connectivity index (χ3n) is 3.26. The normalized spacial score (nSPS) is 19.6. The van der Waals surface area contributed by atoms with Crippen LogP contribution in [0.4, 0.5) is 0 Å². The van der Waals surface area contributed by atoms with Crippen LogP contribution >= 0.6 is 0 Å². The molecule has 78 valence electrons. The van der Waals surface area contributed by atoms with Crippen molar-refractivity contribution in [3.8, 4) is 0 Å². The minimum Gasteiger partial charge on any atom is -0.0602 e. The first-order valence-electron chi connectivity index (χ1n) is 6.08. The molecule has 1 aliphatic rings. The van der Waals surface area contributed by atoms with Gasteiger partial charge in [-0.1, -0.05) is 65.7 Å². The van der Waals surface area contributed by atoms with Crippen molar-refractivity contribution < 1.29 is 0 Å². The smallest absolute Gasteiger partial charge is 0.0383 e. The van der Waals surface area contributed by atoms with Crippen molar-refractivity contribution in [2.75, 3.05) is 0 Å². The highest BCUT2D eigenvalue weighted by Crippen LogP contribution is 2.30. The van der Waals surface area contributed by atoms with E-state index in [1.165, 1.54) is 51.4 Å². The van der Waals surface area contributed by atoms with E-state index >= 15 is 0 Å². The molecule has 0 heterocycles. The topological polar surface area (TPSA) is 0 Å². The lowest BCUT2D eigenvalue weighted by atomic mass is 9.88. The van der Waals surface area contributed by atoms with Crippen molar-refractivity contribution in [2.24, 2.45) is 11.3 Å². The largest absolute Gasteiger partial charge is 0.0602 e. The fourth-order valence-corrected chi connectivity index (χ4v) is 2.39. The molecule has 0 nitrogen and oxygen atoms in total. The molecule has 0 radical (unpaired) electrons.